The number of hydrazine groups is 1. The molecule has 0 radical (unpaired) electrons. The number of hydrogen-bond donors (Lipinski definition) is 2. The molecule has 0 aliphatic carbocycles. The summed E-state index contributed by atoms with van der Waals surface area (Å²) in [7, 11) is 0. The van der Waals surface area contributed by atoms with Crippen molar-refractivity contribution < 1.29 is 0 Å². The minimum absolute atomic E-state index is 0.566. The van der Waals surface area contributed by atoms with Gasteiger partial charge in [0.1, 0.15) is 0 Å². The number of nitrogens with one attached hydrogen (secondary N) is 1. The molecule has 0 amide bonds. The third-order valence-corrected chi connectivity index (χ3v) is 3.74. The monoisotopic (exact) mass is 319 g/mol. The normalized spacial score (nSPS) is 10.8. The molecule has 0 saturated heterocycles. The van der Waals surface area contributed by atoms with Crippen LogP contribution in [0.3, 0.4) is 0 Å². The van der Waals surface area contributed by atoms with E-state index in [2.05, 4.69) is 68.8 Å². The van der Waals surface area contributed by atoms with Gasteiger partial charge in [0.15, 0.2) is 5.82 Å². The quantitative estimate of drug-likeness (QED) is 0.518. The largest absolute Gasteiger partial charge is 0.307 e. The van der Waals surface area contributed by atoms with E-state index in [1.165, 1.54) is 11.1 Å². The summed E-state index contributed by atoms with van der Waals surface area (Å²) >= 11 is 0. The zero-order valence-corrected chi connectivity index (χ0v) is 13.5. The van der Waals surface area contributed by atoms with Crippen LogP contribution in [0.2, 0.25) is 0 Å². The van der Waals surface area contributed by atoms with E-state index in [0.717, 1.165) is 25.3 Å². The highest BCUT2D eigenvalue weighted by molar-refractivity contribution is 5.28. The molecule has 1 heterocycles. The zero-order valence-electron chi connectivity index (χ0n) is 13.5. The van der Waals surface area contributed by atoms with Gasteiger partial charge in [-0.3, -0.25) is 9.88 Å². The second kappa shape index (κ2) is 8.19. The number of rotatable bonds is 7. The van der Waals surface area contributed by atoms with Crippen molar-refractivity contribution in [3.05, 3.63) is 89.9 Å². The van der Waals surface area contributed by atoms with E-state index in [0.29, 0.717) is 5.82 Å². The molecule has 0 saturated carbocycles. The van der Waals surface area contributed by atoms with Gasteiger partial charge in [-0.05, 0) is 11.1 Å². The van der Waals surface area contributed by atoms with Crippen LogP contribution < -0.4 is 11.3 Å². The van der Waals surface area contributed by atoms with Crippen LogP contribution in [0.4, 0.5) is 5.82 Å². The van der Waals surface area contributed by atoms with E-state index in [-0.39, 0.29) is 0 Å². The lowest BCUT2D eigenvalue weighted by atomic mass is 10.1. The average molecular weight is 319 g/mol. The molecule has 5 nitrogen and oxygen atoms in total. The summed E-state index contributed by atoms with van der Waals surface area (Å²) in [5, 5.41) is 0. The van der Waals surface area contributed by atoms with Gasteiger partial charge >= 0.3 is 0 Å². The fourth-order valence-electron chi connectivity index (χ4n) is 2.59. The van der Waals surface area contributed by atoms with E-state index in [4.69, 9.17) is 5.84 Å². The first-order valence-electron chi connectivity index (χ1n) is 7.91. The van der Waals surface area contributed by atoms with Gasteiger partial charge in [0.2, 0.25) is 0 Å². The van der Waals surface area contributed by atoms with Crippen molar-refractivity contribution in [2.45, 2.75) is 19.6 Å². The number of nitrogens with zero attached hydrogens (tertiary/aromatic N) is 3. The Labute approximate surface area is 142 Å². The van der Waals surface area contributed by atoms with Crippen LogP contribution in [-0.2, 0) is 19.6 Å². The summed E-state index contributed by atoms with van der Waals surface area (Å²) in [5.74, 6) is 5.91. The second-order valence-electron chi connectivity index (χ2n) is 5.65. The fraction of sp³-hybridized carbons (Fsp3) is 0.158. The molecule has 0 spiro atoms. The van der Waals surface area contributed by atoms with Crippen LogP contribution >= 0.6 is 0 Å². The van der Waals surface area contributed by atoms with E-state index < -0.39 is 0 Å². The summed E-state index contributed by atoms with van der Waals surface area (Å²) in [6.07, 6.45) is 3.41. The SMILES string of the molecule is NNc1cnc(CN(Cc2ccccc2)Cc2ccccc2)cn1. The third kappa shape index (κ3) is 4.62. The maximum Gasteiger partial charge on any atom is 0.158 e. The molecular weight excluding hydrogens is 298 g/mol. The maximum absolute atomic E-state index is 5.34. The van der Waals surface area contributed by atoms with Crippen LogP contribution in [0.25, 0.3) is 0 Å². The maximum atomic E-state index is 5.34. The van der Waals surface area contributed by atoms with Crippen LogP contribution in [0.5, 0.6) is 0 Å². The van der Waals surface area contributed by atoms with Crippen LogP contribution in [0.15, 0.2) is 73.1 Å². The predicted molar refractivity (Wildman–Crippen MR) is 95.7 cm³/mol. The van der Waals surface area contributed by atoms with Crippen LogP contribution in [0, 0.1) is 0 Å². The van der Waals surface area contributed by atoms with Crippen LogP contribution in [0.1, 0.15) is 16.8 Å². The molecular formula is C19H21N5. The predicted octanol–water partition coefficient (Wildman–Crippen LogP) is 2.96. The van der Waals surface area contributed by atoms with Crippen LogP contribution in [-0.4, -0.2) is 14.9 Å². The molecule has 5 heteroatoms. The van der Waals surface area contributed by atoms with Crippen molar-refractivity contribution in [1.29, 1.82) is 0 Å². The number of anilines is 1. The van der Waals surface area contributed by atoms with Crippen molar-refractivity contribution >= 4 is 5.82 Å². The van der Waals surface area contributed by atoms with E-state index in [1.807, 2.05) is 12.1 Å². The Bertz CT molecular complexity index is 687. The lowest BCUT2D eigenvalue weighted by molar-refractivity contribution is 0.244. The van der Waals surface area contributed by atoms with Crippen molar-refractivity contribution in [2.24, 2.45) is 5.84 Å². The van der Waals surface area contributed by atoms with Gasteiger partial charge in [-0.2, -0.15) is 0 Å². The first kappa shape index (κ1) is 16.1. The smallest absolute Gasteiger partial charge is 0.158 e. The Morgan fingerprint density at radius 1 is 0.750 bits per heavy atom. The number of nitrogens with two attached hydrogens (primary N) is 1. The molecule has 0 fully saturated rings. The van der Waals surface area contributed by atoms with Crippen molar-refractivity contribution in [1.82, 2.24) is 14.9 Å². The first-order valence-corrected chi connectivity index (χ1v) is 7.91. The Balaban J connectivity index is 1.75. The molecule has 0 atom stereocenters. The van der Waals surface area contributed by atoms with E-state index in [9.17, 15) is 0 Å². The fourth-order valence-corrected chi connectivity index (χ4v) is 2.59. The topological polar surface area (TPSA) is 67.1 Å². The molecule has 3 N–H and O–H groups in total. The minimum atomic E-state index is 0.566. The van der Waals surface area contributed by atoms with E-state index in [1.54, 1.807) is 12.4 Å². The summed E-state index contributed by atoms with van der Waals surface area (Å²) in [4.78, 5) is 11.0. The summed E-state index contributed by atoms with van der Waals surface area (Å²) in [6, 6.07) is 20.9. The second-order valence-corrected chi connectivity index (χ2v) is 5.65. The van der Waals surface area contributed by atoms with Gasteiger partial charge in [0.05, 0.1) is 18.1 Å². The molecule has 1 aromatic heterocycles. The standard InChI is InChI=1S/C19H21N5/c20-23-19-12-21-18(11-22-19)15-24(13-16-7-3-1-4-8-16)14-17-9-5-2-6-10-17/h1-12H,13-15,20H2,(H,22,23). The molecule has 122 valence electrons. The van der Waals surface area contributed by atoms with Gasteiger partial charge in [-0.1, -0.05) is 60.7 Å². The highest BCUT2D eigenvalue weighted by Gasteiger charge is 2.09. The van der Waals surface area contributed by atoms with Gasteiger partial charge in [-0.15, -0.1) is 0 Å². The van der Waals surface area contributed by atoms with Crippen molar-refractivity contribution in [3.63, 3.8) is 0 Å². The molecule has 0 bridgehead atoms. The number of aromatic nitrogens is 2. The Morgan fingerprint density at radius 2 is 1.33 bits per heavy atom. The summed E-state index contributed by atoms with van der Waals surface area (Å²) in [6.45, 7) is 2.43. The number of nitrogen functional groups attached to an aromatic ring is 1. The summed E-state index contributed by atoms with van der Waals surface area (Å²) in [5.41, 5.74) is 5.98. The average Bonchev–Trinajstić information content (AvgIpc) is 2.64. The van der Waals surface area contributed by atoms with Gasteiger partial charge in [0, 0.05) is 19.6 Å². The lowest BCUT2D eigenvalue weighted by Gasteiger charge is -2.22. The first-order chi connectivity index (χ1) is 11.8. The Hall–Kier alpha value is -2.76. The molecule has 0 aliphatic heterocycles. The van der Waals surface area contributed by atoms with E-state index >= 15 is 0 Å². The van der Waals surface area contributed by atoms with Gasteiger partial charge in [-0.25, -0.2) is 10.8 Å². The lowest BCUT2D eigenvalue weighted by Crippen LogP contribution is -2.23. The highest BCUT2D eigenvalue weighted by Crippen LogP contribution is 2.13. The zero-order chi connectivity index (χ0) is 16.6. The molecule has 24 heavy (non-hydrogen) atoms. The molecule has 3 aromatic rings. The summed E-state index contributed by atoms with van der Waals surface area (Å²) < 4.78 is 0. The van der Waals surface area contributed by atoms with Gasteiger partial charge < -0.3 is 5.43 Å². The van der Waals surface area contributed by atoms with Crippen molar-refractivity contribution in [2.75, 3.05) is 5.43 Å². The van der Waals surface area contributed by atoms with Crippen molar-refractivity contribution in [3.8, 4) is 0 Å². The molecule has 2 aromatic carbocycles. The third-order valence-electron chi connectivity index (χ3n) is 3.74. The number of hydrogen-bond acceptors (Lipinski definition) is 5. The molecule has 0 unspecified atom stereocenters. The molecule has 0 aliphatic rings. The van der Waals surface area contributed by atoms with Gasteiger partial charge in [0.25, 0.3) is 0 Å². The highest BCUT2D eigenvalue weighted by atomic mass is 15.3. The molecule has 3 rings (SSSR count). The number of benzene rings is 2. The Kier molecular flexibility index (Phi) is 5.50. The Morgan fingerprint density at radius 3 is 1.79 bits per heavy atom. The minimum Gasteiger partial charge on any atom is -0.307 e.